The van der Waals surface area contributed by atoms with Crippen molar-refractivity contribution in [2.45, 2.75) is 53.9 Å². The second kappa shape index (κ2) is 10.5. The predicted molar refractivity (Wildman–Crippen MR) is 124 cm³/mol. The fraction of sp³-hybridized carbons (Fsp3) is 0.667. The zero-order valence-electron chi connectivity index (χ0n) is 17.0. The Morgan fingerprint density at radius 1 is 1.12 bits per heavy atom. The smallest absolute Gasteiger partial charge is 0.293 e. The van der Waals surface area contributed by atoms with Crippen molar-refractivity contribution in [1.82, 2.24) is 0 Å². The van der Waals surface area contributed by atoms with Gasteiger partial charge in [-0.25, -0.2) is 0 Å². The third-order valence-corrected chi connectivity index (χ3v) is 9.40. The van der Waals surface area contributed by atoms with E-state index in [4.69, 9.17) is 32.7 Å². The van der Waals surface area contributed by atoms with Crippen LogP contribution in [0.1, 0.15) is 54.0 Å². The summed E-state index contributed by atoms with van der Waals surface area (Å²) in [6.45, 7) is 13.4. The van der Waals surface area contributed by atoms with Crippen LogP contribution in [0.4, 0.5) is 11.4 Å². The summed E-state index contributed by atoms with van der Waals surface area (Å²) < 4.78 is 13.9. The van der Waals surface area contributed by atoms with Gasteiger partial charge in [0.25, 0.3) is 13.5 Å². The summed E-state index contributed by atoms with van der Waals surface area (Å²) in [4.78, 5) is 0. The van der Waals surface area contributed by atoms with Gasteiger partial charge in [0.15, 0.2) is 11.8 Å². The number of rotatable bonds is 10. The second-order valence-corrected chi connectivity index (χ2v) is 13.1. The number of anilines is 2. The third-order valence-electron chi connectivity index (χ3n) is 3.84. The second-order valence-electron chi connectivity index (χ2n) is 6.81. The lowest BCUT2D eigenvalue weighted by molar-refractivity contribution is 0.271. The van der Waals surface area contributed by atoms with Crippen molar-refractivity contribution >= 4 is 48.5 Å². The first-order valence-electron chi connectivity index (χ1n) is 9.15. The highest BCUT2D eigenvalue weighted by atomic mass is 32.5. The molecule has 0 radical (unpaired) electrons. The van der Waals surface area contributed by atoms with Gasteiger partial charge >= 0.3 is 0 Å². The van der Waals surface area contributed by atoms with Gasteiger partial charge in [0.05, 0.1) is 25.4 Å². The molecule has 1 atom stereocenters. The Morgan fingerprint density at radius 2 is 1.69 bits per heavy atom. The van der Waals surface area contributed by atoms with E-state index in [1.54, 1.807) is 0 Å². The minimum absolute atomic E-state index is 0.0370. The minimum atomic E-state index is -2.60. The number of nitrogens with zero attached hydrogens (tertiary/aromatic N) is 1. The monoisotopic (exact) mass is 435 g/mol. The number of benzene rings is 1. The summed E-state index contributed by atoms with van der Waals surface area (Å²) in [5, 5.41) is 3.44. The Bertz CT molecular complexity index is 653. The van der Waals surface area contributed by atoms with E-state index in [2.05, 4.69) is 62.6 Å². The van der Waals surface area contributed by atoms with Crippen LogP contribution in [-0.2, 0) is 38.1 Å². The zero-order chi connectivity index (χ0) is 20.0. The van der Waals surface area contributed by atoms with Gasteiger partial charge < -0.3 is 14.1 Å². The molecule has 0 heterocycles. The van der Waals surface area contributed by atoms with E-state index in [-0.39, 0.29) is 5.41 Å². The SMILES string of the molecule is CCOP(=S)(Nc1cc(C(C)(C)C)ccc1N(CC)[P+](=S)CC)OCC. The first-order valence-corrected chi connectivity index (χ1v) is 14.3. The molecule has 0 aliphatic carbocycles. The Morgan fingerprint density at radius 3 is 2.12 bits per heavy atom. The summed E-state index contributed by atoms with van der Waals surface area (Å²) >= 11 is 11.4. The lowest BCUT2D eigenvalue weighted by Crippen LogP contribution is -2.18. The molecule has 0 aliphatic rings. The third kappa shape index (κ3) is 6.51. The molecule has 0 saturated heterocycles. The molecule has 0 spiro atoms. The molecule has 1 aromatic rings. The van der Waals surface area contributed by atoms with Crippen LogP contribution in [0.3, 0.4) is 0 Å². The summed E-state index contributed by atoms with van der Waals surface area (Å²) in [5.74, 6) is 0. The molecule has 1 rings (SSSR count). The molecule has 8 heteroatoms. The van der Waals surface area contributed by atoms with Gasteiger partial charge in [-0.1, -0.05) is 26.8 Å². The molecular weight excluding hydrogens is 402 g/mol. The summed E-state index contributed by atoms with van der Waals surface area (Å²) in [5.41, 5.74) is 3.31. The number of hydrogen-bond donors (Lipinski definition) is 1. The van der Waals surface area contributed by atoms with Crippen LogP contribution in [0.5, 0.6) is 0 Å². The largest absolute Gasteiger partial charge is 0.314 e. The average molecular weight is 436 g/mol. The highest BCUT2D eigenvalue weighted by Crippen LogP contribution is 2.51. The van der Waals surface area contributed by atoms with Crippen molar-refractivity contribution in [2.24, 2.45) is 0 Å². The molecule has 0 saturated carbocycles. The normalized spacial score (nSPS) is 12.8. The van der Waals surface area contributed by atoms with E-state index < -0.39 is 13.5 Å². The Hall–Kier alpha value is -0.0900. The van der Waals surface area contributed by atoms with Gasteiger partial charge in [-0.15, -0.1) is 0 Å². The standard InChI is InChI=1S/C18H33N2O2P2S2/c1-8-20(23(25)11-4)17-13-12-15(18(5,6)7)14-16(17)19-24(26,21-9-2)22-10-3/h12-14H,8-11H2,1-7H3,(H,19,26)/q+1. The Labute approximate surface area is 170 Å². The highest BCUT2D eigenvalue weighted by molar-refractivity contribution is 8.10. The molecular formula is C18H33N2O2P2S2+. The number of nitrogens with one attached hydrogen (secondary N) is 1. The lowest BCUT2D eigenvalue weighted by atomic mass is 9.86. The van der Waals surface area contributed by atoms with E-state index in [9.17, 15) is 0 Å². The van der Waals surface area contributed by atoms with Crippen molar-refractivity contribution in [3.05, 3.63) is 23.8 Å². The number of hydrogen-bond acceptors (Lipinski definition) is 4. The van der Waals surface area contributed by atoms with Crippen LogP contribution >= 0.6 is 13.5 Å². The fourth-order valence-electron chi connectivity index (χ4n) is 2.53. The van der Waals surface area contributed by atoms with Gasteiger partial charge in [0, 0.05) is 0 Å². The van der Waals surface area contributed by atoms with Crippen LogP contribution in [0.2, 0.25) is 0 Å². The van der Waals surface area contributed by atoms with E-state index >= 15 is 0 Å². The molecule has 26 heavy (non-hydrogen) atoms. The molecule has 0 bridgehead atoms. The molecule has 0 amide bonds. The zero-order valence-corrected chi connectivity index (χ0v) is 20.5. The highest BCUT2D eigenvalue weighted by Gasteiger charge is 2.27. The molecule has 1 aromatic carbocycles. The maximum Gasteiger partial charge on any atom is 0.293 e. The van der Waals surface area contributed by atoms with Gasteiger partial charge in [-0.05, 0) is 62.6 Å². The average Bonchev–Trinajstić information content (AvgIpc) is 2.55. The lowest BCUT2D eigenvalue weighted by Gasteiger charge is -2.28. The van der Waals surface area contributed by atoms with Crippen LogP contribution < -0.4 is 9.76 Å². The topological polar surface area (TPSA) is 33.7 Å². The molecule has 4 nitrogen and oxygen atoms in total. The van der Waals surface area contributed by atoms with E-state index in [1.807, 2.05) is 13.8 Å². The molecule has 1 N–H and O–H groups in total. The maximum atomic E-state index is 5.81. The van der Waals surface area contributed by atoms with Gasteiger partial charge in [0.1, 0.15) is 11.8 Å². The van der Waals surface area contributed by atoms with Crippen molar-refractivity contribution in [3.63, 3.8) is 0 Å². The van der Waals surface area contributed by atoms with Crippen LogP contribution in [0, 0.1) is 0 Å². The summed E-state index contributed by atoms with van der Waals surface area (Å²) in [6.07, 6.45) is 0.962. The molecule has 0 fully saturated rings. The van der Waals surface area contributed by atoms with Crippen LogP contribution in [0.15, 0.2) is 18.2 Å². The molecule has 0 aromatic heterocycles. The molecule has 0 aliphatic heterocycles. The summed E-state index contributed by atoms with van der Waals surface area (Å²) in [7, 11) is 0. The Balaban J connectivity index is 3.47. The van der Waals surface area contributed by atoms with E-state index in [1.165, 1.54) is 5.56 Å². The van der Waals surface area contributed by atoms with E-state index in [0.29, 0.717) is 13.2 Å². The quantitative estimate of drug-likeness (QED) is 0.428. The van der Waals surface area contributed by atoms with Crippen molar-refractivity contribution in [2.75, 3.05) is 35.7 Å². The Kier molecular flexibility index (Phi) is 9.63. The van der Waals surface area contributed by atoms with Crippen molar-refractivity contribution < 1.29 is 9.05 Å². The minimum Gasteiger partial charge on any atom is -0.314 e. The van der Waals surface area contributed by atoms with Crippen molar-refractivity contribution in [1.29, 1.82) is 0 Å². The van der Waals surface area contributed by atoms with Crippen molar-refractivity contribution in [3.8, 4) is 0 Å². The van der Waals surface area contributed by atoms with Gasteiger partial charge in [0.2, 0.25) is 0 Å². The molecule has 148 valence electrons. The van der Waals surface area contributed by atoms with Crippen LogP contribution in [-0.4, -0.2) is 25.9 Å². The van der Waals surface area contributed by atoms with Gasteiger partial charge in [-0.3, -0.25) is 0 Å². The van der Waals surface area contributed by atoms with Crippen LogP contribution in [0.25, 0.3) is 0 Å². The first kappa shape index (κ1) is 23.9. The fourth-order valence-corrected chi connectivity index (χ4v) is 6.49. The van der Waals surface area contributed by atoms with Gasteiger partial charge in [-0.2, -0.15) is 4.67 Å². The first-order chi connectivity index (χ1) is 12.1. The molecule has 1 unspecified atom stereocenters. The predicted octanol–water partition coefficient (Wildman–Crippen LogP) is 6.40. The van der Waals surface area contributed by atoms with E-state index in [0.717, 1.165) is 24.1 Å². The maximum absolute atomic E-state index is 5.81. The summed E-state index contributed by atoms with van der Waals surface area (Å²) in [6, 6.07) is 6.51.